The number of carbonyl (C=O) groups is 1. The number of carbonyl (C=O) groups excluding carboxylic acids is 1. The van der Waals surface area contributed by atoms with Crippen molar-refractivity contribution in [1.29, 1.82) is 0 Å². The minimum Gasteiger partial charge on any atom is -0.459 e. The molecule has 0 saturated carbocycles. The van der Waals surface area contributed by atoms with Crippen LogP contribution in [0.2, 0.25) is 0 Å². The number of amides is 1. The Bertz CT molecular complexity index is 571. The minimum absolute atomic E-state index is 0.246. The monoisotopic (exact) mass is 242 g/mol. The molecular formula is C14H14N2O2. The maximum Gasteiger partial charge on any atom is 0.307 e. The van der Waals surface area contributed by atoms with Crippen molar-refractivity contribution in [3.8, 4) is 0 Å². The van der Waals surface area contributed by atoms with Crippen LogP contribution >= 0.6 is 0 Å². The lowest BCUT2D eigenvalue weighted by Crippen LogP contribution is -2.18. The van der Waals surface area contributed by atoms with Crippen LogP contribution in [0, 0.1) is 6.92 Å². The molecule has 18 heavy (non-hydrogen) atoms. The third-order valence-corrected chi connectivity index (χ3v) is 2.51. The van der Waals surface area contributed by atoms with Gasteiger partial charge in [0.15, 0.2) is 5.76 Å². The standard InChI is InChI=1S/C14H14N2O2/c1-10-5-3-6-12(9-10)11(2)15-16-14(17)13-7-4-8-18-13/h3-9H,1-2H3,(H,16,17)/b15-11+. The number of hydrogen-bond acceptors (Lipinski definition) is 3. The van der Waals surface area contributed by atoms with Gasteiger partial charge in [-0.15, -0.1) is 0 Å². The minimum atomic E-state index is -0.355. The van der Waals surface area contributed by atoms with E-state index in [0.717, 1.165) is 16.8 Å². The number of benzene rings is 1. The quantitative estimate of drug-likeness (QED) is 0.664. The predicted octanol–water partition coefficient (Wildman–Crippen LogP) is 2.74. The molecule has 0 aliphatic carbocycles. The zero-order valence-electron chi connectivity index (χ0n) is 10.3. The second-order valence-electron chi connectivity index (χ2n) is 3.98. The molecule has 0 bridgehead atoms. The summed E-state index contributed by atoms with van der Waals surface area (Å²) in [5.41, 5.74) is 5.34. The van der Waals surface area contributed by atoms with Gasteiger partial charge in [0.25, 0.3) is 0 Å². The maximum absolute atomic E-state index is 11.6. The van der Waals surface area contributed by atoms with Gasteiger partial charge in [-0.05, 0) is 31.5 Å². The highest BCUT2D eigenvalue weighted by Crippen LogP contribution is 2.05. The fourth-order valence-corrected chi connectivity index (χ4v) is 1.53. The van der Waals surface area contributed by atoms with Gasteiger partial charge < -0.3 is 4.42 Å². The van der Waals surface area contributed by atoms with Crippen LogP contribution in [0.25, 0.3) is 0 Å². The summed E-state index contributed by atoms with van der Waals surface area (Å²) < 4.78 is 4.97. The first kappa shape index (κ1) is 12.1. The average molecular weight is 242 g/mol. The van der Waals surface area contributed by atoms with Crippen LogP contribution in [0.1, 0.15) is 28.6 Å². The summed E-state index contributed by atoms with van der Waals surface area (Å²) in [7, 11) is 0. The number of nitrogens with zero attached hydrogens (tertiary/aromatic N) is 1. The first-order valence-electron chi connectivity index (χ1n) is 5.62. The Balaban J connectivity index is 2.08. The zero-order valence-corrected chi connectivity index (χ0v) is 10.3. The molecule has 2 rings (SSSR count). The Kier molecular flexibility index (Phi) is 3.57. The first-order valence-corrected chi connectivity index (χ1v) is 5.62. The van der Waals surface area contributed by atoms with E-state index in [1.54, 1.807) is 12.1 Å². The zero-order chi connectivity index (χ0) is 13.0. The Morgan fingerprint density at radius 2 is 2.11 bits per heavy atom. The molecule has 4 heteroatoms. The van der Waals surface area contributed by atoms with Crippen molar-refractivity contribution in [2.75, 3.05) is 0 Å². The van der Waals surface area contributed by atoms with Gasteiger partial charge in [-0.3, -0.25) is 4.79 Å². The molecule has 1 N–H and O–H groups in total. The van der Waals surface area contributed by atoms with Crippen LogP contribution in [0.5, 0.6) is 0 Å². The smallest absolute Gasteiger partial charge is 0.307 e. The Morgan fingerprint density at radius 1 is 1.28 bits per heavy atom. The third kappa shape index (κ3) is 2.85. The predicted molar refractivity (Wildman–Crippen MR) is 69.6 cm³/mol. The highest BCUT2D eigenvalue weighted by atomic mass is 16.3. The van der Waals surface area contributed by atoms with Crippen LogP contribution in [-0.2, 0) is 0 Å². The SMILES string of the molecule is C/C(=N\NC(=O)c1ccco1)c1cccc(C)c1. The van der Waals surface area contributed by atoms with Crippen LogP contribution in [0.4, 0.5) is 0 Å². The van der Waals surface area contributed by atoms with Gasteiger partial charge >= 0.3 is 5.91 Å². The lowest BCUT2D eigenvalue weighted by atomic mass is 10.1. The van der Waals surface area contributed by atoms with Crippen molar-refractivity contribution in [1.82, 2.24) is 5.43 Å². The van der Waals surface area contributed by atoms with Gasteiger partial charge in [-0.25, -0.2) is 5.43 Å². The Morgan fingerprint density at radius 3 is 2.78 bits per heavy atom. The lowest BCUT2D eigenvalue weighted by molar-refractivity contribution is 0.0927. The Labute approximate surface area is 105 Å². The van der Waals surface area contributed by atoms with Crippen molar-refractivity contribution in [3.63, 3.8) is 0 Å². The first-order chi connectivity index (χ1) is 8.66. The van der Waals surface area contributed by atoms with Crippen molar-refractivity contribution in [3.05, 3.63) is 59.5 Å². The average Bonchev–Trinajstić information content (AvgIpc) is 2.89. The van der Waals surface area contributed by atoms with E-state index in [1.807, 2.05) is 38.1 Å². The molecule has 0 unspecified atom stereocenters. The molecule has 0 spiro atoms. The number of rotatable bonds is 3. The molecule has 0 fully saturated rings. The van der Waals surface area contributed by atoms with Gasteiger partial charge in [0.2, 0.25) is 0 Å². The molecule has 0 atom stereocenters. The normalized spacial score (nSPS) is 11.3. The molecule has 4 nitrogen and oxygen atoms in total. The summed E-state index contributed by atoms with van der Waals surface area (Å²) >= 11 is 0. The number of hydrogen-bond donors (Lipinski definition) is 1. The van der Waals surface area contributed by atoms with E-state index in [4.69, 9.17) is 4.42 Å². The van der Waals surface area contributed by atoms with E-state index >= 15 is 0 Å². The molecule has 1 aromatic carbocycles. The van der Waals surface area contributed by atoms with Gasteiger partial charge in [0, 0.05) is 0 Å². The summed E-state index contributed by atoms with van der Waals surface area (Å²) in [4.78, 5) is 11.6. The van der Waals surface area contributed by atoms with Crippen molar-refractivity contribution in [2.24, 2.45) is 5.10 Å². The molecule has 0 aliphatic heterocycles. The highest BCUT2D eigenvalue weighted by Gasteiger charge is 2.07. The van der Waals surface area contributed by atoms with Crippen LogP contribution < -0.4 is 5.43 Å². The van der Waals surface area contributed by atoms with Crippen molar-refractivity contribution < 1.29 is 9.21 Å². The molecule has 1 amide bonds. The molecule has 1 heterocycles. The van der Waals surface area contributed by atoms with E-state index in [1.165, 1.54) is 6.26 Å². The van der Waals surface area contributed by atoms with Crippen LogP contribution in [-0.4, -0.2) is 11.6 Å². The lowest BCUT2D eigenvalue weighted by Gasteiger charge is -2.02. The fraction of sp³-hybridized carbons (Fsp3) is 0.143. The van der Waals surface area contributed by atoms with Crippen LogP contribution in [0.3, 0.4) is 0 Å². The summed E-state index contributed by atoms with van der Waals surface area (Å²) in [5, 5.41) is 4.05. The third-order valence-electron chi connectivity index (χ3n) is 2.51. The van der Waals surface area contributed by atoms with E-state index < -0.39 is 0 Å². The van der Waals surface area contributed by atoms with Gasteiger partial charge in [0.1, 0.15) is 0 Å². The molecule has 1 aromatic heterocycles. The van der Waals surface area contributed by atoms with Gasteiger partial charge in [-0.2, -0.15) is 5.10 Å². The maximum atomic E-state index is 11.6. The Hall–Kier alpha value is -2.36. The van der Waals surface area contributed by atoms with E-state index in [0.29, 0.717) is 0 Å². The summed E-state index contributed by atoms with van der Waals surface area (Å²) in [6.07, 6.45) is 1.45. The fourth-order valence-electron chi connectivity index (χ4n) is 1.53. The number of furan rings is 1. The largest absolute Gasteiger partial charge is 0.459 e. The summed E-state index contributed by atoms with van der Waals surface area (Å²) in [6, 6.07) is 11.2. The second kappa shape index (κ2) is 5.31. The summed E-state index contributed by atoms with van der Waals surface area (Å²) in [5.74, 6) is -0.109. The van der Waals surface area contributed by atoms with Crippen molar-refractivity contribution in [2.45, 2.75) is 13.8 Å². The number of hydrazone groups is 1. The summed E-state index contributed by atoms with van der Waals surface area (Å²) in [6.45, 7) is 3.86. The van der Waals surface area contributed by atoms with Crippen LogP contribution in [0.15, 0.2) is 52.2 Å². The molecule has 0 radical (unpaired) electrons. The highest BCUT2D eigenvalue weighted by molar-refractivity contribution is 6.00. The van der Waals surface area contributed by atoms with Gasteiger partial charge in [0.05, 0.1) is 12.0 Å². The van der Waals surface area contributed by atoms with Crippen molar-refractivity contribution >= 4 is 11.6 Å². The molecule has 2 aromatic rings. The van der Waals surface area contributed by atoms with E-state index in [2.05, 4.69) is 10.5 Å². The molecule has 0 aliphatic rings. The molecule has 0 saturated heterocycles. The number of aryl methyl sites for hydroxylation is 1. The topological polar surface area (TPSA) is 54.6 Å². The van der Waals surface area contributed by atoms with E-state index in [-0.39, 0.29) is 11.7 Å². The van der Waals surface area contributed by atoms with E-state index in [9.17, 15) is 4.79 Å². The molecule has 92 valence electrons. The second-order valence-corrected chi connectivity index (χ2v) is 3.98. The van der Waals surface area contributed by atoms with Gasteiger partial charge in [-0.1, -0.05) is 29.8 Å². The number of nitrogens with one attached hydrogen (secondary N) is 1. The molecular weight excluding hydrogens is 228 g/mol.